The van der Waals surface area contributed by atoms with E-state index in [1.54, 1.807) is 18.2 Å². The molecule has 0 spiro atoms. The van der Waals surface area contributed by atoms with Crippen molar-refractivity contribution in [3.05, 3.63) is 81.6 Å². The first-order chi connectivity index (χ1) is 17.7. The number of carboxylic acids is 1. The van der Waals surface area contributed by atoms with Crippen molar-refractivity contribution in [2.24, 2.45) is 0 Å². The molecule has 37 heavy (non-hydrogen) atoms. The molecule has 1 heterocycles. The number of anilines is 1. The summed E-state index contributed by atoms with van der Waals surface area (Å²) in [6, 6.07) is 15.6. The molecule has 0 bridgehead atoms. The van der Waals surface area contributed by atoms with Crippen molar-refractivity contribution in [1.29, 1.82) is 0 Å². The van der Waals surface area contributed by atoms with Crippen LogP contribution in [0.5, 0.6) is 5.75 Å². The number of carbonyl (C=O) groups excluding carboxylic acids is 1. The fourth-order valence-electron chi connectivity index (χ4n) is 3.68. The molecule has 4 rings (SSSR count). The van der Waals surface area contributed by atoms with Gasteiger partial charge in [-0.3, -0.25) is 4.79 Å². The van der Waals surface area contributed by atoms with E-state index < -0.39 is 11.9 Å². The largest absolute Gasteiger partial charge is 0.481 e. The Balaban J connectivity index is 1.81. The van der Waals surface area contributed by atoms with E-state index in [1.807, 2.05) is 24.3 Å². The molecule has 0 atom stereocenters. The number of hydrogen-bond acceptors (Lipinski definition) is 5. The molecule has 4 aromatic rings. The van der Waals surface area contributed by atoms with Gasteiger partial charge in [0.15, 0.2) is 0 Å². The third-order valence-corrected chi connectivity index (χ3v) is 6.18. The molecule has 1 amide bonds. The number of rotatable bonds is 7. The smallest absolute Gasteiger partial charge is 0.337 e. The van der Waals surface area contributed by atoms with Crippen molar-refractivity contribution in [1.82, 2.24) is 9.97 Å². The molecule has 7 nitrogen and oxygen atoms in total. The van der Waals surface area contributed by atoms with Gasteiger partial charge in [0.1, 0.15) is 12.4 Å². The molecule has 186 valence electrons. The Kier molecular flexibility index (Phi) is 7.63. The standard InChI is InChI=1S/C28H21Cl2N3O4/c1-4-11-37-19-9-10-22-20(14-19)25(17-7-5-16(6-8-17)15(2)3)33-26(31-22)27(34)32-23-13-18(29)12-21(24(23)30)28(35)36/h1,5-10,12-15H,11H2,2-3H3,(H,32,34)(H,35,36). The van der Waals surface area contributed by atoms with Gasteiger partial charge in [-0.2, -0.15) is 0 Å². The Morgan fingerprint density at radius 2 is 1.81 bits per heavy atom. The lowest BCUT2D eigenvalue weighted by Crippen LogP contribution is -2.17. The Hall–Kier alpha value is -4.12. The molecule has 0 aliphatic carbocycles. The number of amides is 1. The normalized spacial score (nSPS) is 10.8. The molecule has 0 radical (unpaired) electrons. The Labute approximate surface area is 223 Å². The maximum atomic E-state index is 13.2. The Morgan fingerprint density at radius 1 is 1.08 bits per heavy atom. The number of hydrogen-bond donors (Lipinski definition) is 2. The SMILES string of the molecule is C#CCOc1ccc2nc(C(=O)Nc3cc(Cl)cc(C(=O)O)c3Cl)nc(-c3ccc(C(C)C)cc3)c2c1. The van der Waals surface area contributed by atoms with Crippen LogP contribution >= 0.6 is 23.2 Å². The van der Waals surface area contributed by atoms with Crippen LogP contribution in [0.1, 0.15) is 46.3 Å². The van der Waals surface area contributed by atoms with Crippen LogP contribution < -0.4 is 10.1 Å². The van der Waals surface area contributed by atoms with Gasteiger partial charge in [-0.15, -0.1) is 6.42 Å². The van der Waals surface area contributed by atoms with Crippen LogP contribution in [0.25, 0.3) is 22.2 Å². The summed E-state index contributed by atoms with van der Waals surface area (Å²) >= 11 is 12.2. The zero-order chi connectivity index (χ0) is 26.7. The van der Waals surface area contributed by atoms with Gasteiger partial charge in [0.2, 0.25) is 5.82 Å². The number of aromatic nitrogens is 2. The first-order valence-electron chi connectivity index (χ1n) is 11.2. The molecule has 9 heteroatoms. The fourth-order valence-corrected chi connectivity index (χ4v) is 4.14. The summed E-state index contributed by atoms with van der Waals surface area (Å²) in [7, 11) is 0. The van der Waals surface area contributed by atoms with Crippen LogP contribution in [0.2, 0.25) is 10.0 Å². The van der Waals surface area contributed by atoms with E-state index in [1.165, 1.54) is 12.1 Å². The van der Waals surface area contributed by atoms with Gasteiger partial charge in [-0.05, 0) is 41.8 Å². The van der Waals surface area contributed by atoms with Crippen LogP contribution in [-0.4, -0.2) is 33.6 Å². The molecular weight excluding hydrogens is 513 g/mol. The first-order valence-corrected chi connectivity index (χ1v) is 12.0. The second-order valence-electron chi connectivity index (χ2n) is 8.42. The summed E-state index contributed by atoms with van der Waals surface area (Å²) < 4.78 is 5.57. The quantitative estimate of drug-likeness (QED) is 0.256. The van der Waals surface area contributed by atoms with E-state index in [4.69, 9.17) is 34.4 Å². The maximum Gasteiger partial charge on any atom is 0.337 e. The predicted octanol–water partition coefficient (Wildman–Crippen LogP) is 6.69. The number of carboxylic acid groups (broad SMARTS) is 1. The molecule has 0 aliphatic rings. The van der Waals surface area contributed by atoms with Crippen molar-refractivity contribution in [3.63, 3.8) is 0 Å². The monoisotopic (exact) mass is 533 g/mol. The average Bonchev–Trinajstić information content (AvgIpc) is 2.88. The molecular formula is C28H21Cl2N3O4. The highest BCUT2D eigenvalue weighted by Crippen LogP contribution is 2.32. The Morgan fingerprint density at radius 3 is 2.46 bits per heavy atom. The van der Waals surface area contributed by atoms with Crippen LogP contribution in [0.15, 0.2) is 54.6 Å². The minimum atomic E-state index is -1.28. The van der Waals surface area contributed by atoms with Crippen LogP contribution in [0.3, 0.4) is 0 Å². The van der Waals surface area contributed by atoms with Crippen molar-refractivity contribution >= 4 is 51.7 Å². The lowest BCUT2D eigenvalue weighted by atomic mass is 9.99. The molecule has 3 aromatic carbocycles. The fraction of sp³-hybridized carbons (Fsp3) is 0.143. The van der Waals surface area contributed by atoms with Crippen molar-refractivity contribution in [2.75, 3.05) is 11.9 Å². The van der Waals surface area contributed by atoms with Crippen LogP contribution in [0.4, 0.5) is 5.69 Å². The molecule has 0 saturated heterocycles. The maximum absolute atomic E-state index is 13.2. The third kappa shape index (κ3) is 5.67. The van der Waals surface area contributed by atoms with Crippen LogP contribution in [0, 0.1) is 12.3 Å². The summed E-state index contributed by atoms with van der Waals surface area (Å²) in [5.41, 5.74) is 2.73. The molecule has 0 unspecified atom stereocenters. The van der Waals surface area contributed by atoms with Crippen molar-refractivity contribution in [2.45, 2.75) is 19.8 Å². The summed E-state index contributed by atoms with van der Waals surface area (Å²) in [4.78, 5) is 33.7. The van der Waals surface area contributed by atoms with Gasteiger partial charge >= 0.3 is 5.97 Å². The number of terminal acetylenes is 1. The van der Waals surface area contributed by atoms with E-state index in [2.05, 4.69) is 35.1 Å². The van der Waals surface area contributed by atoms with E-state index in [-0.39, 0.29) is 33.7 Å². The predicted molar refractivity (Wildman–Crippen MR) is 145 cm³/mol. The number of aromatic carboxylic acids is 1. The molecule has 0 saturated carbocycles. The first kappa shape index (κ1) is 26.0. The highest BCUT2D eigenvalue weighted by atomic mass is 35.5. The summed E-state index contributed by atoms with van der Waals surface area (Å²) in [5.74, 6) is 1.22. The van der Waals surface area contributed by atoms with Gasteiger partial charge < -0.3 is 15.2 Å². The van der Waals surface area contributed by atoms with E-state index in [0.29, 0.717) is 28.3 Å². The molecule has 0 aliphatic heterocycles. The number of nitrogens with one attached hydrogen (secondary N) is 1. The number of nitrogens with zero attached hydrogens (tertiary/aromatic N) is 2. The van der Waals surface area contributed by atoms with Gasteiger partial charge in [0.05, 0.1) is 27.5 Å². The number of fused-ring (bicyclic) bond motifs is 1. The van der Waals surface area contributed by atoms with E-state index in [9.17, 15) is 14.7 Å². The van der Waals surface area contributed by atoms with Gasteiger partial charge in [0.25, 0.3) is 5.91 Å². The van der Waals surface area contributed by atoms with Crippen molar-refractivity contribution < 1.29 is 19.4 Å². The average molecular weight is 534 g/mol. The lowest BCUT2D eigenvalue weighted by Gasteiger charge is -2.13. The summed E-state index contributed by atoms with van der Waals surface area (Å²) in [5, 5.41) is 12.6. The second kappa shape index (κ2) is 10.9. The highest BCUT2D eigenvalue weighted by Gasteiger charge is 2.20. The lowest BCUT2D eigenvalue weighted by molar-refractivity contribution is 0.0696. The Bertz CT molecular complexity index is 1560. The molecule has 0 fully saturated rings. The molecule has 2 N–H and O–H groups in total. The van der Waals surface area contributed by atoms with Gasteiger partial charge in [-0.25, -0.2) is 14.8 Å². The van der Waals surface area contributed by atoms with Crippen LogP contribution in [-0.2, 0) is 0 Å². The number of carbonyl (C=O) groups is 2. The van der Waals surface area contributed by atoms with E-state index in [0.717, 1.165) is 11.1 Å². The number of benzene rings is 3. The number of ether oxygens (including phenoxy) is 1. The summed E-state index contributed by atoms with van der Waals surface area (Å²) in [6.45, 7) is 4.30. The minimum absolute atomic E-state index is 0.0288. The minimum Gasteiger partial charge on any atom is -0.481 e. The van der Waals surface area contributed by atoms with Crippen molar-refractivity contribution in [3.8, 4) is 29.4 Å². The topological polar surface area (TPSA) is 101 Å². The van der Waals surface area contributed by atoms with Gasteiger partial charge in [-0.1, -0.05) is 67.2 Å². The zero-order valence-electron chi connectivity index (χ0n) is 19.9. The summed E-state index contributed by atoms with van der Waals surface area (Å²) in [6.07, 6.45) is 5.32. The number of halogens is 2. The second-order valence-corrected chi connectivity index (χ2v) is 9.23. The highest BCUT2D eigenvalue weighted by molar-refractivity contribution is 6.38. The van der Waals surface area contributed by atoms with Gasteiger partial charge in [0, 0.05) is 16.0 Å². The molecule has 1 aromatic heterocycles. The third-order valence-electron chi connectivity index (χ3n) is 5.56. The zero-order valence-corrected chi connectivity index (χ0v) is 21.4. The van der Waals surface area contributed by atoms with E-state index >= 15 is 0 Å².